The molecule has 5 atom stereocenters. The molecule has 0 aliphatic carbocycles. The molecule has 1 rings (SSSR count). The van der Waals surface area contributed by atoms with Crippen molar-refractivity contribution < 1.29 is 28.8 Å². The lowest BCUT2D eigenvalue weighted by molar-refractivity contribution is -0.142. The van der Waals surface area contributed by atoms with Crippen LogP contribution in [0.3, 0.4) is 0 Å². The molecule has 14 heteroatoms. The zero-order valence-electron chi connectivity index (χ0n) is 23.3. The highest BCUT2D eigenvalue weighted by molar-refractivity contribution is 5.96. The van der Waals surface area contributed by atoms with Gasteiger partial charge in [-0.1, -0.05) is 0 Å². The Morgan fingerprint density at radius 2 is 1.31 bits per heavy atom. The summed E-state index contributed by atoms with van der Waals surface area (Å²) in [5, 5.41) is 10.4. The number of carbonyl (C=O) groups is 6. The number of nitrogens with one attached hydrogen (secondary N) is 4. The van der Waals surface area contributed by atoms with Crippen LogP contribution < -0.4 is 38.5 Å². The number of nitrogens with two attached hydrogens (primary N) is 3. The molecular formula is C25H46N8O6. The zero-order chi connectivity index (χ0) is 29.5. The van der Waals surface area contributed by atoms with Crippen molar-refractivity contribution in [2.45, 2.75) is 102 Å². The van der Waals surface area contributed by atoms with Gasteiger partial charge < -0.3 is 43.4 Å². The predicted molar refractivity (Wildman–Crippen MR) is 144 cm³/mol. The molecule has 1 fully saturated rings. The maximum atomic E-state index is 13.5. The van der Waals surface area contributed by atoms with Gasteiger partial charge in [-0.05, 0) is 78.3 Å². The zero-order valence-corrected chi connectivity index (χ0v) is 23.3. The largest absolute Gasteiger partial charge is 0.368 e. The number of primary amides is 1. The summed E-state index contributed by atoms with van der Waals surface area (Å²) in [6.07, 6.45) is 4.13. The molecule has 14 nitrogen and oxygen atoms in total. The standard InChI is InChI=1S/C25H46N8O6/c1-15(29-17(3)34)22(36)32-19(10-5-7-13-27)25(39)33-14-8-11-20(33)24(38)30-16(2)23(37)31-18(21(28)35)9-4-6-12-26/h15-16,18-20H,4-14,26-27H2,1-3H3,(H2,28,35)(H,29,34)(H,30,38)(H,31,37)(H,32,36)/t15-,16-,18-,19-,20-/m0/s1. The first kappa shape index (κ1) is 33.8. The van der Waals surface area contributed by atoms with Crippen molar-refractivity contribution >= 4 is 35.4 Å². The van der Waals surface area contributed by atoms with Crippen LogP contribution >= 0.6 is 0 Å². The number of carbonyl (C=O) groups excluding carboxylic acids is 6. The highest BCUT2D eigenvalue weighted by Crippen LogP contribution is 2.20. The van der Waals surface area contributed by atoms with Gasteiger partial charge in [0.05, 0.1) is 0 Å². The first-order chi connectivity index (χ1) is 18.4. The molecular weight excluding hydrogens is 508 g/mol. The van der Waals surface area contributed by atoms with Crippen LogP contribution in [0.4, 0.5) is 0 Å². The van der Waals surface area contributed by atoms with Crippen LogP contribution in [0, 0.1) is 0 Å². The number of rotatable bonds is 17. The minimum absolute atomic E-state index is 0.312. The lowest BCUT2D eigenvalue weighted by atomic mass is 10.1. The first-order valence-electron chi connectivity index (χ1n) is 13.6. The Morgan fingerprint density at radius 1 is 0.795 bits per heavy atom. The average molecular weight is 555 g/mol. The van der Waals surface area contributed by atoms with Gasteiger partial charge in [0.25, 0.3) is 0 Å². The summed E-state index contributed by atoms with van der Waals surface area (Å²) in [6.45, 7) is 5.47. The van der Waals surface area contributed by atoms with Gasteiger partial charge in [0.2, 0.25) is 35.4 Å². The van der Waals surface area contributed by atoms with Crippen LogP contribution in [0.15, 0.2) is 0 Å². The molecule has 0 saturated carbocycles. The normalized spacial score (nSPS) is 17.9. The van der Waals surface area contributed by atoms with Gasteiger partial charge in [0.15, 0.2) is 0 Å². The van der Waals surface area contributed by atoms with E-state index in [1.165, 1.54) is 25.7 Å². The minimum Gasteiger partial charge on any atom is -0.368 e. The second kappa shape index (κ2) is 17.4. The van der Waals surface area contributed by atoms with Crippen molar-refractivity contribution in [1.29, 1.82) is 0 Å². The van der Waals surface area contributed by atoms with Crippen LogP contribution in [0.2, 0.25) is 0 Å². The molecule has 6 amide bonds. The molecule has 0 aromatic rings. The van der Waals surface area contributed by atoms with E-state index in [1.807, 2.05) is 0 Å². The number of likely N-dealkylation sites (tertiary alicyclic amines) is 1. The number of hydrogen-bond donors (Lipinski definition) is 7. The lowest BCUT2D eigenvalue weighted by Gasteiger charge is -2.30. The predicted octanol–water partition coefficient (Wildman–Crippen LogP) is -2.28. The Bertz CT molecular complexity index is 870. The van der Waals surface area contributed by atoms with E-state index < -0.39 is 59.7 Å². The molecule has 1 aliphatic heterocycles. The quantitative estimate of drug-likeness (QED) is 0.0965. The summed E-state index contributed by atoms with van der Waals surface area (Å²) in [5.41, 5.74) is 16.4. The van der Waals surface area contributed by atoms with Crippen LogP contribution in [-0.2, 0) is 28.8 Å². The Morgan fingerprint density at radius 3 is 1.82 bits per heavy atom. The highest BCUT2D eigenvalue weighted by Gasteiger charge is 2.38. The van der Waals surface area contributed by atoms with E-state index in [4.69, 9.17) is 17.2 Å². The van der Waals surface area contributed by atoms with E-state index >= 15 is 0 Å². The summed E-state index contributed by atoms with van der Waals surface area (Å²) in [6, 6.07) is -4.44. The van der Waals surface area contributed by atoms with Gasteiger partial charge in [0, 0.05) is 13.5 Å². The number of nitrogens with zero attached hydrogens (tertiary/aromatic N) is 1. The van der Waals surface area contributed by atoms with E-state index in [-0.39, 0.29) is 5.91 Å². The summed E-state index contributed by atoms with van der Waals surface area (Å²) in [7, 11) is 0. The molecule has 0 radical (unpaired) electrons. The van der Waals surface area contributed by atoms with Gasteiger partial charge in [-0.25, -0.2) is 0 Å². The van der Waals surface area contributed by atoms with E-state index in [0.29, 0.717) is 71.0 Å². The van der Waals surface area contributed by atoms with Gasteiger partial charge in [-0.3, -0.25) is 28.8 Å². The number of hydrogen-bond acceptors (Lipinski definition) is 8. The number of amides is 6. The Kier molecular flexibility index (Phi) is 15.0. The summed E-state index contributed by atoms with van der Waals surface area (Å²) < 4.78 is 0. The summed E-state index contributed by atoms with van der Waals surface area (Å²) in [4.78, 5) is 76.3. The van der Waals surface area contributed by atoms with Crippen LogP contribution in [-0.4, -0.2) is 90.2 Å². The Balaban J connectivity index is 2.87. The van der Waals surface area contributed by atoms with Crippen molar-refractivity contribution in [3.63, 3.8) is 0 Å². The van der Waals surface area contributed by atoms with E-state index in [1.54, 1.807) is 0 Å². The Labute approximate surface area is 229 Å². The smallest absolute Gasteiger partial charge is 0.245 e. The SMILES string of the molecule is CC(=O)N[C@@H](C)C(=O)N[C@@H](CCCCN)C(=O)N1CCC[C@H]1C(=O)N[C@@H](C)C(=O)N[C@@H](CCCCN)C(N)=O. The van der Waals surface area contributed by atoms with E-state index in [2.05, 4.69) is 21.3 Å². The van der Waals surface area contributed by atoms with Gasteiger partial charge in [-0.15, -0.1) is 0 Å². The van der Waals surface area contributed by atoms with E-state index in [0.717, 1.165) is 0 Å². The molecule has 0 aromatic heterocycles. The third-order valence-corrected chi connectivity index (χ3v) is 6.57. The molecule has 0 spiro atoms. The molecule has 1 aliphatic rings. The summed E-state index contributed by atoms with van der Waals surface area (Å²) in [5.74, 6) is -3.08. The third-order valence-electron chi connectivity index (χ3n) is 6.57. The summed E-state index contributed by atoms with van der Waals surface area (Å²) >= 11 is 0. The van der Waals surface area contributed by atoms with Crippen LogP contribution in [0.5, 0.6) is 0 Å². The van der Waals surface area contributed by atoms with Crippen LogP contribution in [0.1, 0.15) is 72.1 Å². The van der Waals surface area contributed by atoms with Gasteiger partial charge >= 0.3 is 0 Å². The molecule has 1 heterocycles. The van der Waals surface area contributed by atoms with Crippen molar-refractivity contribution in [2.75, 3.05) is 19.6 Å². The molecule has 1 saturated heterocycles. The van der Waals surface area contributed by atoms with Crippen molar-refractivity contribution in [3.8, 4) is 0 Å². The van der Waals surface area contributed by atoms with Gasteiger partial charge in [-0.2, -0.15) is 0 Å². The minimum atomic E-state index is -0.982. The fourth-order valence-corrected chi connectivity index (χ4v) is 4.37. The van der Waals surface area contributed by atoms with Crippen LogP contribution in [0.25, 0.3) is 0 Å². The monoisotopic (exact) mass is 554 g/mol. The third kappa shape index (κ3) is 11.6. The second-order valence-electron chi connectivity index (χ2n) is 9.94. The Hall–Kier alpha value is -3.26. The van der Waals surface area contributed by atoms with Crippen molar-refractivity contribution in [3.05, 3.63) is 0 Å². The van der Waals surface area contributed by atoms with Crippen molar-refractivity contribution in [1.82, 2.24) is 26.2 Å². The fourth-order valence-electron chi connectivity index (χ4n) is 4.37. The molecule has 0 unspecified atom stereocenters. The van der Waals surface area contributed by atoms with Crippen molar-refractivity contribution in [2.24, 2.45) is 17.2 Å². The van der Waals surface area contributed by atoms with Gasteiger partial charge in [0.1, 0.15) is 30.2 Å². The molecule has 10 N–H and O–H groups in total. The molecule has 222 valence electrons. The maximum Gasteiger partial charge on any atom is 0.245 e. The fraction of sp³-hybridized carbons (Fsp3) is 0.760. The van der Waals surface area contributed by atoms with E-state index in [9.17, 15) is 28.8 Å². The topological polar surface area (TPSA) is 232 Å². The second-order valence-corrected chi connectivity index (χ2v) is 9.94. The lowest BCUT2D eigenvalue weighted by Crippen LogP contribution is -2.58. The average Bonchev–Trinajstić information content (AvgIpc) is 3.36. The molecule has 0 aromatic carbocycles. The maximum absolute atomic E-state index is 13.5. The molecule has 0 bridgehead atoms. The molecule has 39 heavy (non-hydrogen) atoms. The number of unbranched alkanes of at least 4 members (excludes halogenated alkanes) is 2. The first-order valence-corrected chi connectivity index (χ1v) is 13.6. The highest BCUT2D eigenvalue weighted by atomic mass is 16.2.